The summed E-state index contributed by atoms with van der Waals surface area (Å²) < 4.78 is 33.0. The number of nitrogens with zero attached hydrogens (tertiary/aromatic N) is 2. The molecule has 2 unspecified atom stereocenters. The average Bonchev–Trinajstić information content (AvgIpc) is 3.00. The Morgan fingerprint density at radius 1 is 0.810 bits per heavy atom. The van der Waals surface area contributed by atoms with Crippen molar-refractivity contribution in [2.75, 3.05) is 27.4 Å². The molecule has 8 nitrogen and oxygen atoms in total. The van der Waals surface area contributed by atoms with E-state index in [2.05, 4.69) is 38.4 Å². The lowest BCUT2D eigenvalue weighted by atomic mass is 9.80. The molecule has 3 aromatic carbocycles. The number of hydrogen-bond donors (Lipinski definition) is 1. The van der Waals surface area contributed by atoms with Crippen LogP contribution in [0.25, 0.3) is 0 Å². The molecule has 0 aromatic heterocycles. The van der Waals surface area contributed by atoms with Crippen LogP contribution in [0.3, 0.4) is 0 Å². The summed E-state index contributed by atoms with van der Waals surface area (Å²) in [5.74, 6) is 1.44. The molecule has 0 aliphatic rings. The van der Waals surface area contributed by atoms with Crippen molar-refractivity contribution < 1.29 is 28.4 Å². The van der Waals surface area contributed by atoms with Gasteiger partial charge in [0, 0.05) is 25.1 Å². The maximum absolute atomic E-state index is 10.2. The predicted octanol–water partition coefficient (Wildman–Crippen LogP) is 7.01. The van der Waals surface area contributed by atoms with Crippen LogP contribution in [0.1, 0.15) is 57.2 Å². The number of benzene rings is 3. The van der Waals surface area contributed by atoms with Gasteiger partial charge in [-0.25, -0.2) is 4.67 Å². The van der Waals surface area contributed by atoms with Crippen molar-refractivity contribution in [2.24, 2.45) is 0 Å². The van der Waals surface area contributed by atoms with Gasteiger partial charge in [0.05, 0.1) is 33.3 Å². The van der Waals surface area contributed by atoms with Crippen molar-refractivity contribution in [3.8, 4) is 17.6 Å². The molecule has 3 rings (SSSR count). The largest absolute Gasteiger partial charge is 0.497 e. The summed E-state index contributed by atoms with van der Waals surface area (Å²) in [5, 5.41) is 19.3. The standard InChI is InChI=1S/C33H43N2O6P/c1-25(2)35(26(3)4)42(39-24-10-22-34)41-32(21-23-36)40-33(27-11-8-7-9-12-27,28-13-17-30(37-5)18-14-28)29-15-19-31(38-6)20-16-29/h7-9,11-20,25-26,32,36H,10,21,23-24H2,1-6H3. The fourth-order valence-corrected chi connectivity index (χ4v) is 6.51. The summed E-state index contributed by atoms with van der Waals surface area (Å²) in [4.78, 5) is 0. The molecule has 0 saturated heterocycles. The minimum atomic E-state index is -1.63. The van der Waals surface area contributed by atoms with Gasteiger partial charge in [-0.3, -0.25) is 4.52 Å². The van der Waals surface area contributed by atoms with Crippen LogP contribution in [0.2, 0.25) is 0 Å². The Morgan fingerprint density at radius 3 is 1.74 bits per heavy atom. The molecule has 0 aliphatic carbocycles. The minimum absolute atomic E-state index is 0.107. The van der Waals surface area contributed by atoms with Crippen LogP contribution in [0.15, 0.2) is 78.9 Å². The van der Waals surface area contributed by atoms with Crippen molar-refractivity contribution in [1.29, 1.82) is 5.26 Å². The van der Waals surface area contributed by atoms with E-state index in [1.54, 1.807) is 14.2 Å². The Bertz CT molecular complexity index is 1180. The van der Waals surface area contributed by atoms with Gasteiger partial charge in [-0.2, -0.15) is 5.26 Å². The lowest BCUT2D eigenvalue weighted by molar-refractivity contribution is -0.154. The fraction of sp³-hybridized carbons (Fsp3) is 0.424. The molecule has 42 heavy (non-hydrogen) atoms. The van der Waals surface area contributed by atoms with Gasteiger partial charge in [-0.05, 0) is 68.7 Å². The van der Waals surface area contributed by atoms with Gasteiger partial charge < -0.3 is 23.8 Å². The summed E-state index contributed by atoms with van der Waals surface area (Å²) in [5.41, 5.74) is 1.45. The second-order valence-corrected chi connectivity index (χ2v) is 11.6. The third-order valence-electron chi connectivity index (χ3n) is 6.72. The van der Waals surface area contributed by atoms with Crippen LogP contribution in [0.4, 0.5) is 0 Å². The highest BCUT2D eigenvalue weighted by Crippen LogP contribution is 2.50. The molecular weight excluding hydrogens is 551 g/mol. The summed E-state index contributed by atoms with van der Waals surface area (Å²) in [7, 11) is 1.63. The Balaban J connectivity index is 2.20. The highest BCUT2D eigenvalue weighted by Gasteiger charge is 2.42. The van der Waals surface area contributed by atoms with E-state index >= 15 is 0 Å². The van der Waals surface area contributed by atoms with E-state index < -0.39 is 20.4 Å². The first-order chi connectivity index (χ1) is 20.3. The number of hydrogen-bond acceptors (Lipinski definition) is 8. The van der Waals surface area contributed by atoms with Gasteiger partial charge in [0.25, 0.3) is 8.53 Å². The third kappa shape index (κ3) is 8.29. The van der Waals surface area contributed by atoms with E-state index in [1.807, 2.05) is 78.9 Å². The van der Waals surface area contributed by atoms with Gasteiger partial charge in [-0.15, -0.1) is 0 Å². The molecule has 0 bridgehead atoms. The highest BCUT2D eigenvalue weighted by molar-refractivity contribution is 7.44. The lowest BCUT2D eigenvalue weighted by Gasteiger charge is -2.41. The molecule has 0 fully saturated rings. The van der Waals surface area contributed by atoms with Crippen molar-refractivity contribution in [3.05, 3.63) is 95.6 Å². The second-order valence-electron chi connectivity index (χ2n) is 10.2. The molecule has 0 saturated carbocycles. The van der Waals surface area contributed by atoms with Gasteiger partial charge >= 0.3 is 0 Å². The number of methoxy groups -OCH3 is 2. The monoisotopic (exact) mass is 594 g/mol. The maximum Gasteiger partial charge on any atom is 0.261 e. The topological polar surface area (TPSA) is 93.4 Å². The van der Waals surface area contributed by atoms with Gasteiger partial charge in [0.15, 0.2) is 6.29 Å². The summed E-state index contributed by atoms with van der Waals surface area (Å²) in [6.45, 7) is 8.39. The quantitative estimate of drug-likeness (QED) is 0.0772. The molecular formula is C33H43N2O6P. The van der Waals surface area contributed by atoms with Crippen molar-refractivity contribution in [2.45, 2.75) is 64.5 Å². The van der Waals surface area contributed by atoms with E-state index in [-0.39, 0.29) is 38.1 Å². The predicted molar refractivity (Wildman–Crippen MR) is 165 cm³/mol. The van der Waals surface area contributed by atoms with Crippen LogP contribution >= 0.6 is 8.53 Å². The zero-order valence-corrected chi connectivity index (χ0v) is 26.3. The molecule has 0 amide bonds. The van der Waals surface area contributed by atoms with Gasteiger partial charge in [0.2, 0.25) is 0 Å². The number of rotatable bonds is 17. The zero-order valence-electron chi connectivity index (χ0n) is 25.4. The molecule has 9 heteroatoms. The van der Waals surface area contributed by atoms with E-state index in [0.717, 1.165) is 28.2 Å². The molecule has 0 spiro atoms. The van der Waals surface area contributed by atoms with E-state index in [9.17, 15) is 5.11 Å². The Kier molecular flexibility index (Phi) is 13.2. The SMILES string of the molecule is COc1ccc(C(OC(CCO)OP(OCCC#N)N(C(C)C)C(C)C)(c2ccccc2)c2ccc(OC)cc2)cc1. The van der Waals surface area contributed by atoms with Crippen molar-refractivity contribution in [1.82, 2.24) is 4.67 Å². The Hall–Kier alpha value is -3.02. The molecule has 226 valence electrons. The second kappa shape index (κ2) is 16.6. The molecule has 0 aliphatic heterocycles. The molecule has 1 N–H and O–H groups in total. The zero-order chi connectivity index (χ0) is 30.5. The summed E-state index contributed by atoms with van der Waals surface area (Å²) >= 11 is 0. The van der Waals surface area contributed by atoms with Crippen LogP contribution in [0.5, 0.6) is 11.5 Å². The Labute approximate surface area is 251 Å². The Morgan fingerprint density at radius 2 is 1.31 bits per heavy atom. The van der Waals surface area contributed by atoms with Crippen LogP contribution in [0, 0.1) is 11.3 Å². The number of aliphatic hydroxyl groups excluding tert-OH is 1. The van der Waals surface area contributed by atoms with Crippen LogP contribution in [-0.4, -0.2) is 55.6 Å². The first-order valence-corrected chi connectivity index (χ1v) is 15.3. The van der Waals surface area contributed by atoms with Gasteiger partial charge in [0.1, 0.15) is 17.1 Å². The highest BCUT2D eigenvalue weighted by atomic mass is 31.2. The van der Waals surface area contributed by atoms with E-state index in [0.29, 0.717) is 0 Å². The third-order valence-corrected chi connectivity index (χ3v) is 8.84. The summed E-state index contributed by atoms with van der Waals surface area (Å²) in [6, 6.07) is 27.8. The molecule has 0 heterocycles. The van der Waals surface area contributed by atoms with Gasteiger partial charge in [-0.1, -0.05) is 54.6 Å². The smallest absolute Gasteiger partial charge is 0.261 e. The number of aliphatic hydroxyl groups is 1. The maximum atomic E-state index is 10.2. The van der Waals surface area contributed by atoms with E-state index in [4.69, 9.17) is 28.5 Å². The van der Waals surface area contributed by atoms with Crippen LogP contribution in [-0.2, 0) is 19.4 Å². The molecule has 0 radical (unpaired) electrons. The van der Waals surface area contributed by atoms with Crippen LogP contribution < -0.4 is 9.47 Å². The normalized spacial score (nSPS) is 13.3. The van der Waals surface area contributed by atoms with E-state index in [1.165, 1.54) is 0 Å². The number of ether oxygens (including phenoxy) is 3. The van der Waals surface area contributed by atoms with Crippen molar-refractivity contribution in [3.63, 3.8) is 0 Å². The van der Waals surface area contributed by atoms with Crippen molar-refractivity contribution >= 4 is 8.53 Å². The lowest BCUT2D eigenvalue weighted by Crippen LogP contribution is -2.40. The molecule has 3 aromatic rings. The summed E-state index contributed by atoms with van der Waals surface area (Å²) in [6.07, 6.45) is -0.429. The fourth-order valence-electron chi connectivity index (χ4n) is 4.86. The average molecular weight is 595 g/mol. The number of nitriles is 1. The first kappa shape index (κ1) is 33.5. The molecule has 2 atom stereocenters. The minimum Gasteiger partial charge on any atom is -0.497 e. The first-order valence-electron chi connectivity index (χ1n) is 14.2.